The Morgan fingerprint density at radius 2 is 1.72 bits per heavy atom. The van der Waals surface area contributed by atoms with E-state index in [0.717, 1.165) is 5.56 Å². The summed E-state index contributed by atoms with van der Waals surface area (Å²) in [7, 11) is 1.28. The van der Waals surface area contributed by atoms with Gasteiger partial charge in [0, 0.05) is 22.7 Å². The van der Waals surface area contributed by atoms with Crippen LogP contribution in [-0.4, -0.2) is 30.6 Å². The van der Waals surface area contributed by atoms with Crippen LogP contribution in [0.1, 0.15) is 10.4 Å². The third-order valence-electron chi connectivity index (χ3n) is 4.79. The number of nitrogens with one attached hydrogen (secondary N) is 1. The SMILES string of the molecule is COC(=O)COc1cc(-c2ccccc2)nc2ccc(NC(=O)c3ccccc3F)cc12. The summed E-state index contributed by atoms with van der Waals surface area (Å²) in [6, 6.07) is 22.1. The first kappa shape index (κ1) is 21.0. The first-order chi connectivity index (χ1) is 15.5. The number of carbonyl (C=O) groups excluding carboxylic acids is 2. The number of ether oxygens (including phenoxy) is 2. The van der Waals surface area contributed by atoms with Crippen molar-refractivity contribution in [1.82, 2.24) is 4.98 Å². The van der Waals surface area contributed by atoms with Crippen LogP contribution in [0.2, 0.25) is 0 Å². The number of anilines is 1. The lowest BCUT2D eigenvalue weighted by atomic mass is 10.1. The lowest BCUT2D eigenvalue weighted by Crippen LogP contribution is -2.14. The molecule has 0 spiro atoms. The summed E-state index contributed by atoms with van der Waals surface area (Å²) < 4.78 is 24.3. The Labute approximate surface area is 183 Å². The third-order valence-corrected chi connectivity index (χ3v) is 4.79. The summed E-state index contributed by atoms with van der Waals surface area (Å²) >= 11 is 0. The number of hydrogen-bond acceptors (Lipinski definition) is 5. The molecule has 4 rings (SSSR count). The van der Waals surface area contributed by atoms with Gasteiger partial charge in [0.05, 0.1) is 23.9 Å². The van der Waals surface area contributed by atoms with E-state index in [2.05, 4.69) is 15.0 Å². The molecule has 0 bridgehead atoms. The minimum atomic E-state index is -0.609. The highest BCUT2D eigenvalue weighted by Gasteiger charge is 2.14. The van der Waals surface area contributed by atoms with E-state index in [0.29, 0.717) is 28.0 Å². The van der Waals surface area contributed by atoms with Gasteiger partial charge in [-0.05, 0) is 30.3 Å². The average molecular weight is 430 g/mol. The summed E-state index contributed by atoms with van der Waals surface area (Å²) in [6.45, 7) is -0.282. The van der Waals surface area contributed by atoms with Gasteiger partial charge in [-0.3, -0.25) is 4.79 Å². The Balaban J connectivity index is 1.72. The lowest BCUT2D eigenvalue weighted by molar-refractivity contribution is -0.142. The number of rotatable bonds is 6. The van der Waals surface area contributed by atoms with E-state index in [1.807, 2.05) is 30.3 Å². The van der Waals surface area contributed by atoms with Gasteiger partial charge in [0.15, 0.2) is 6.61 Å². The molecule has 0 saturated heterocycles. The van der Waals surface area contributed by atoms with Crippen molar-refractivity contribution in [2.45, 2.75) is 0 Å². The molecule has 32 heavy (non-hydrogen) atoms. The molecule has 0 aliphatic heterocycles. The van der Waals surface area contributed by atoms with Crippen LogP contribution in [0.15, 0.2) is 78.9 Å². The fraction of sp³-hybridized carbons (Fsp3) is 0.0800. The number of esters is 1. The van der Waals surface area contributed by atoms with Gasteiger partial charge in [0.25, 0.3) is 5.91 Å². The Kier molecular flexibility index (Phi) is 6.07. The minimum absolute atomic E-state index is 0.0627. The normalized spacial score (nSPS) is 10.6. The smallest absolute Gasteiger partial charge is 0.343 e. The van der Waals surface area contributed by atoms with Crippen LogP contribution in [0.3, 0.4) is 0 Å². The molecule has 1 heterocycles. The number of hydrogen-bond donors (Lipinski definition) is 1. The van der Waals surface area contributed by atoms with Crippen molar-refractivity contribution in [3.63, 3.8) is 0 Å². The van der Waals surface area contributed by atoms with E-state index < -0.39 is 17.7 Å². The van der Waals surface area contributed by atoms with Crippen molar-refractivity contribution in [3.8, 4) is 17.0 Å². The summed E-state index contributed by atoms with van der Waals surface area (Å²) in [5, 5.41) is 3.27. The topological polar surface area (TPSA) is 77.5 Å². The number of carbonyl (C=O) groups is 2. The molecule has 0 fully saturated rings. The number of fused-ring (bicyclic) bond motifs is 1. The molecule has 1 N–H and O–H groups in total. The highest BCUT2D eigenvalue weighted by atomic mass is 19.1. The standard InChI is InChI=1S/C25H19FN2O4/c1-31-24(29)15-32-23-14-22(16-7-3-2-4-8-16)28-21-12-11-17(13-19(21)23)27-25(30)18-9-5-6-10-20(18)26/h2-14H,15H2,1H3,(H,27,30). The predicted octanol–water partition coefficient (Wildman–Crippen LogP) is 4.85. The number of amides is 1. The summed E-state index contributed by atoms with van der Waals surface area (Å²) in [5.41, 5.74) is 2.53. The van der Waals surface area contributed by atoms with Gasteiger partial charge in [-0.15, -0.1) is 0 Å². The maximum Gasteiger partial charge on any atom is 0.343 e. The number of pyridine rings is 1. The molecule has 160 valence electrons. The Morgan fingerprint density at radius 3 is 2.47 bits per heavy atom. The molecule has 7 heteroatoms. The molecule has 4 aromatic rings. The van der Waals surface area contributed by atoms with Crippen molar-refractivity contribution in [2.24, 2.45) is 0 Å². The third kappa shape index (κ3) is 4.57. The van der Waals surface area contributed by atoms with Crippen LogP contribution in [0, 0.1) is 5.82 Å². The van der Waals surface area contributed by atoms with Crippen LogP contribution in [0.5, 0.6) is 5.75 Å². The van der Waals surface area contributed by atoms with Gasteiger partial charge in [-0.2, -0.15) is 0 Å². The molecular weight excluding hydrogens is 411 g/mol. The first-order valence-electron chi connectivity index (χ1n) is 9.81. The monoisotopic (exact) mass is 430 g/mol. The molecule has 1 aromatic heterocycles. The second-order valence-electron chi connectivity index (χ2n) is 6.90. The molecule has 0 radical (unpaired) electrons. The molecule has 0 atom stereocenters. The quantitative estimate of drug-likeness (QED) is 0.443. The zero-order valence-electron chi connectivity index (χ0n) is 17.2. The molecule has 0 unspecified atom stereocenters. The fourth-order valence-corrected chi connectivity index (χ4v) is 3.19. The van der Waals surface area contributed by atoms with Crippen molar-refractivity contribution >= 4 is 28.5 Å². The first-order valence-corrected chi connectivity index (χ1v) is 9.81. The number of benzene rings is 3. The zero-order chi connectivity index (χ0) is 22.5. The Morgan fingerprint density at radius 1 is 0.969 bits per heavy atom. The zero-order valence-corrected chi connectivity index (χ0v) is 17.2. The fourth-order valence-electron chi connectivity index (χ4n) is 3.19. The molecule has 0 aliphatic carbocycles. The maximum atomic E-state index is 13.9. The van der Waals surface area contributed by atoms with E-state index in [1.165, 1.54) is 25.3 Å². The average Bonchev–Trinajstić information content (AvgIpc) is 2.83. The summed E-state index contributed by atoms with van der Waals surface area (Å²) in [6.07, 6.45) is 0. The van der Waals surface area contributed by atoms with Crippen molar-refractivity contribution in [3.05, 3.63) is 90.2 Å². The molecular formula is C25H19FN2O4. The molecule has 0 aliphatic rings. The lowest BCUT2D eigenvalue weighted by Gasteiger charge is -2.13. The van der Waals surface area contributed by atoms with Gasteiger partial charge in [-0.1, -0.05) is 42.5 Å². The van der Waals surface area contributed by atoms with E-state index in [9.17, 15) is 14.0 Å². The van der Waals surface area contributed by atoms with Crippen molar-refractivity contribution in [1.29, 1.82) is 0 Å². The molecule has 6 nitrogen and oxygen atoms in total. The number of nitrogens with zero attached hydrogens (tertiary/aromatic N) is 1. The van der Waals surface area contributed by atoms with Crippen LogP contribution < -0.4 is 10.1 Å². The van der Waals surface area contributed by atoms with E-state index in [-0.39, 0.29) is 12.2 Å². The second kappa shape index (κ2) is 9.26. The minimum Gasteiger partial charge on any atom is -0.481 e. The molecule has 3 aromatic carbocycles. The van der Waals surface area contributed by atoms with Gasteiger partial charge in [-0.25, -0.2) is 14.2 Å². The maximum absolute atomic E-state index is 13.9. The van der Waals surface area contributed by atoms with Crippen LogP contribution in [0.25, 0.3) is 22.2 Å². The predicted molar refractivity (Wildman–Crippen MR) is 119 cm³/mol. The summed E-state index contributed by atoms with van der Waals surface area (Å²) in [5.74, 6) is -1.31. The van der Waals surface area contributed by atoms with Gasteiger partial charge in [0.2, 0.25) is 0 Å². The highest BCUT2D eigenvalue weighted by Crippen LogP contribution is 2.32. The second-order valence-corrected chi connectivity index (χ2v) is 6.90. The number of aromatic nitrogens is 1. The highest BCUT2D eigenvalue weighted by molar-refractivity contribution is 6.05. The van der Waals surface area contributed by atoms with Crippen LogP contribution in [-0.2, 0) is 9.53 Å². The van der Waals surface area contributed by atoms with Crippen LogP contribution >= 0.6 is 0 Å². The Hall–Kier alpha value is -4.26. The molecule has 0 saturated carbocycles. The van der Waals surface area contributed by atoms with Gasteiger partial charge >= 0.3 is 5.97 Å². The molecule has 1 amide bonds. The van der Waals surface area contributed by atoms with Crippen molar-refractivity contribution < 1.29 is 23.5 Å². The number of methoxy groups -OCH3 is 1. The van der Waals surface area contributed by atoms with E-state index >= 15 is 0 Å². The largest absolute Gasteiger partial charge is 0.481 e. The van der Waals surface area contributed by atoms with E-state index in [1.54, 1.807) is 30.3 Å². The number of halogens is 1. The van der Waals surface area contributed by atoms with Gasteiger partial charge < -0.3 is 14.8 Å². The Bertz CT molecular complexity index is 1290. The van der Waals surface area contributed by atoms with Crippen molar-refractivity contribution in [2.75, 3.05) is 19.0 Å². The van der Waals surface area contributed by atoms with Crippen LogP contribution in [0.4, 0.5) is 10.1 Å². The summed E-state index contributed by atoms with van der Waals surface area (Å²) in [4.78, 5) is 28.8. The van der Waals surface area contributed by atoms with Gasteiger partial charge in [0.1, 0.15) is 11.6 Å². The van der Waals surface area contributed by atoms with E-state index in [4.69, 9.17) is 4.74 Å².